The molecule has 1 aliphatic heterocycles. The second kappa shape index (κ2) is 7.07. The molecular weight excluding hydrogens is 392 g/mol. The third-order valence-electron chi connectivity index (χ3n) is 6.09. The summed E-state index contributed by atoms with van der Waals surface area (Å²) < 4.78 is 2.46. The van der Waals surface area contributed by atoms with E-state index in [-0.39, 0.29) is 0 Å². The zero-order chi connectivity index (χ0) is 18.5. The average molecular weight is 415 g/mol. The number of nitrogens with zero attached hydrogens (tertiary/aromatic N) is 2. The SMILES string of the molecule is CCSc1nc2c(Cl)cc3c(c2s1)[C@H]1c2ccccc2CC[C@@H]1N(C)CC3. The van der Waals surface area contributed by atoms with Gasteiger partial charge in [0.05, 0.1) is 9.72 Å². The minimum absolute atomic E-state index is 0.414. The molecule has 0 radical (unpaired) electrons. The Morgan fingerprint density at radius 2 is 2.11 bits per heavy atom. The monoisotopic (exact) mass is 414 g/mol. The third-order valence-corrected chi connectivity index (χ3v) is 8.49. The van der Waals surface area contributed by atoms with E-state index in [1.807, 2.05) is 23.1 Å². The molecule has 140 valence electrons. The molecule has 3 aromatic rings. The summed E-state index contributed by atoms with van der Waals surface area (Å²) >= 11 is 10.4. The number of hydrogen-bond donors (Lipinski definition) is 0. The highest BCUT2D eigenvalue weighted by Crippen LogP contribution is 2.48. The zero-order valence-electron chi connectivity index (χ0n) is 15.7. The van der Waals surface area contributed by atoms with E-state index in [4.69, 9.17) is 16.6 Å². The Bertz CT molecular complexity index is 1010. The molecule has 0 saturated carbocycles. The molecule has 1 aromatic heterocycles. The summed E-state index contributed by atoms with van der Waals surface area (Å²) in [4.78, 5) is 7.46. The Kier molecular flexibility index (Phi) is 4.71. The van der Waals surface area contributed by atoms with E-state index >= 15 is 0 Å². The molecule has 2 aromatic carbocycles. The Balaban J connectivity index is 1.80. The molecule has 2 nitrogen and oxygen atoms in total. The molecule has 0 N–H and O–H groups in total. The first-order chi connectivity index (χ1) is 13.2. The number of thioether (sulfide) groups is 1. The van der Waals surface area contributed by atoms with Crippen molar-refractivity contribution in [3.63, 3.8) is 0 Å². The Labute approximate surface area is 173 Å². The van der Waals surface area contributed by atoms with Gasteiger partial charge >= 0.3 is 0 Å². The normalized spacial score (nSPS) is 22.2. The molecule has 5 heteroatoms. The Morgan fingerprint density at radius 3 is 2.96 bits per heavy atom. The number of thiazole rings is 1. The van der Waals surface area contributed by atoms with Gasteiger partial charge in [-0.1, -0.05) is 54.6 Å². The highest BCUT2D eigenvalue weighted by molar-refractivity contribution is 8.01. The molecule has 27 heavy (non-hydrogen) atoms. The molecule has 0 fully saturated rings. The first-order valence-corrected chi connectivity index (χ1v) is 11.9. The number of rotatable bonds is 2. The predicted molar refractivity (Wildman–Crippen MR) is 118 cm³/mol. The van der Waals surface area contributed by atoms with Gasteiger partial charge in [-0.15, -0.1) is 11.3 Å². The van der Waals surface area contributed by atoms with E-state index in [9.17, 15) is 0 Å². The van der Waals surface area contributed by atoms with Crippen LogP contribution >= 0.6 is 34.7 Å². The summed E-state index contributed by atoms with van der Waals surface area (Å²) in [6.45, 7) is 3.27. The molecule has 1 aliphatic carbocycles. The molecule has 2 aliphatic rings. The van der Waals surface area contributed by atoms with Gasteiger partial charge in [0.1, 0.15) is 5.52 Å². The molecule has 0 bridgehead atoms. The summed E-state index contributed by atoms with van der Waals surface area (Å²) in [7, 11) is 2.29. The van der Waals surface area contributed by atoms with E-state index in [0.717, 1.165) is 33.6 Å². The smallest absolute Gasteiger partial charge is 0.151 e. The number of likely N-dealkylation sites (N-methyl/N-ethyl adjacent to an activating group) is 1. The van der Waals surface area contributed by atoms with E-state index < -0.39 is 0 Å². The molecular formula is C22H23ClN2S2. The van der Waals surface area contributed by atoms with E-state index in [1.165, 1.54) is 39.8 Å². The lowest BCUT2D eigenvalue weighted by Crippen LogP contribution is -2.39. The van der Waals surface area contributed by atoms with E-state index in [0.29, 0.717) is 12.0 Å². The van der Waals surface area contributed by atoms with Gasteiger partial charge in [-0.2, -0.15) is 0 Å². The van der Waals surface area contributed by atoms with Gasteiger partial charge in [0.2, 0.25) is 0 Å². The summed E-state index contributed by atoms with van der Waals surface area (Å²) in [5.74, 6) is 1.45. The molecule has 0 unspecified atom stereocenters. The quantitative estimate of drug-likeness (QED) is 0.478. The van der Waals surface area contributed by atoms with Crippen LogP contribution in [0.2, 0.25) is 5.02 Å². The van der Waals surface area contributed by atoms with Gasteiger partial charge in [-0.3, -0.25) is 0 Å². The molecule has 0 saturated heterocycles. The minimum atomic E-state index is 0.414. The largest absolute Gasteiger partial charge is 0.302 e. The van der Waals surface area contributed by atoms with Crippen LogP contribution in [0.5, 0.6) is 0 Å². The van der Waals surface area contributed by atoms with Gasteiger partial charge < -0.3 is 4.90 Å². The maximum Gasteiger partial charge on any atom is 0.151 e. The molecule has 2 atom stereocenters. The number of halogens is 1. The van der Waals surface area contributed by atoms with Crippen LogP contribution in [0, 0.1) is 0 Å². The van der Waals surface area contributed by atoms with Crippen LogP contribution in [0.15, 0.2) is 34.7 Å². The summed E-state index contributed by atoms with van der Waals surface area (Å²) in [6.07, 6.45) is 3.45. The number of aryl methyl sites for hydroxylation is 1. The predicted octanol–water partition coefficient (Wildman–Crippen LogP) is 6.00. The van der Waals surface area contributed by atoms with Crippen LogP contribution in [0.1, 0.15) is 41.5 Å². The standard InChI is InChI=1S/C22H23ClN2S2/c1-3-26-22-24-20-16(23)12-14-10-11-25(2)17-9-8-13-6-4-5-7-15(13)19(17)18(14)21(20)27-22/h4-7,12,17,19H,3,8-11H2,1-2H3/t17-,19-/m0/s1. The highest BCUT2D eigenvalue weighted by Gasteiger charge is 2.38. The lowest BCUT2D eigenvalue weighted by molar-refractivity contribution is 0.214. The lowest BCUT2D eigenvalue weighted by atomic mass is 9.74. The fraction of sp³-hybridized carbons (Fsp3) is 0.409. The molecule has 0 amide bonds. The minimum Gasteiger partial charge on any atom is -0.302 e. The van der Waals surface area contributed by atoms with Gasteiger partial charge in [0.15, 0.2) is 4.34 Å². The fourth-order valence-corrected chi connectivity index (χ4v) is 7.35. The lowest BCUT2D eigenvalue weighted by Gasteiger charge is -2.38. The summed E-state index contributed by atoms with van der Waals surface area (Å²) in [5.41, 5.74) is 6.93. The topological polar surface area (TPSA) is 16.1 Å². The maximum absolute atomic E-state index is 6.69. The van der Waals surface area contributed by atoms with Crippen molar-refractivity contribution in [2.45, 2.75) is 42.5 Å². The molecule has 5 rings (SSSR count). The van der Waals surface area contributed by atoms with Crippen molar-refractivity contribution in [3.05, 3.63) is 57.6 Å². The number of benzene rings is 2. The van der Waals surface area contributed by atoms with Crippen molar-refractivity contribution in [1.82, 2.24) is 9.88 Å². The molecule has 0 spiro atoms. The van der Waals surface area contributed by atoms with Crippen molar-refractivity contribution < 1.29 is 0 Å². The van der Waals surface area contributed by atoms with Gasteiger partial charge in [-0.25, -0.2) is 4.98 Å². The van der Waals surface area contributed by atoms with Crippen LogP contribution in [-0.2, 0) is 12.8 Å². The van der Waals surface area contributed by atoms with E-state index in [2.05, 4.69) is 49.2 Å². The van der Waals surface area contributed by atoms with Crippen LogP contribution in [0.4, 0.5) is 0 Å². The zero-order valence-corrected chi connectivity index (χ0v) is 18.1. The van der Waals surface area contributed by atoms with Crippen LogP contribution in [-0.4, -0.2) is 35.3 Å². The van der Waals surface area contributed by atoms with Crippen LogP contribution in [0.25, 0.3) is 10.2 Å². The first-order valence-electron chi connectivity index (χ1n) is 9.70. The summed E-state index contributed by atoms with van der Waals surface area (Å²) in [5, 5.41) is 0.813. The second-order valence-electron chi connectivity index (χ2n) is 7.53. The number of fused-ring (bicyclic) bond motifs is 7. The van der Waals surface area contributed by atoms with Crippen molar-refractivity contribution in [1.29, 1.82) is 0 Å². The van der Waals surface area contributed by atoms with Gasteiger partial charge in [0.25, 0.3) is 0 Å². The Hall–Kier alpha value is -1.07. The highest BCUT2D eigenvalue weighted by atomic mass is 35.5. The van der Waals surface area contributed by atoms with Crippen molar-refractivity contribution in [2.24, 2.45) is 0 Å². The fourth-order valence-electron chi connectivity index (χ4n) is 4.85. The summed E-state index contributed by atoms with van der Waals surface area (Å²) in [6, 6.07) is 11.8. The second-order valence-corrected chi connectivity index (χ2v) is 10.5. The molecule has 2 heterocycles. The number of hydrogen-bond acceptors (Lipinski definition) is 4. The van der Waals surface area contributed by atoms with Crippen molar-refractivity contribution in [2.75, 3.05) is 19.3 Å². The first kappa shape index (κ1) is 18.0. The third kappa shape index (κ3) is 2.93. The Morgan fingerprint density at radius 1 is 1.26 bits per heavy atom. The maximum atomic E-state index is 6.69. The van der Waals surface area contributed by atoms with Crippen molar-refractivity contribution in [3.8, 4) is 0 Å². The van der Waals surface area contributed by atoms with Gasteiger partial charge in [0, 0.05) is 18.5 Å². The number of aromatic nitrogens is 1. The van der Waals surface area contributed by atoms with E-state index in [1.54, 1.807) is 0 Å². The average Bonchev–Trinajstić information content (AvgIpc) is 3.04. The van der Waals surface area contributed by atoms with Crippen LogP contribution < -0.4 is 0 Å². The van der Waals surface area contributed by atoms with Gasteiger partial charge in [-0.05, 0) is 60.4 Å². The van der Waals surface area contributed by atoms with Crippen LogP contribution in [0.3, 0.4) is 0 Å². The van der Waals surface area contributed by atoms with Crippen molar-refractivity contribution >= 4 is 44.9 Å².